The van der Waals surface area contributed by atoms with Crippen molar-refractivity contribution in [1.82, 2.24) is 25.0 Å². The molecule has 0 atom stereocenters. The van der Waals surface area contributed by atoms with Crippen LogP contribution in [0.2, 0.25) is 0 Å². The van der Waals surface area contributed by atoms with Crippen LogP contribution >= 0.6 is 0 Å². The average Bonchev–Trinajstić information content (AvgIpc) is 3.57. The third-order valence-corrected chi connectivity index (χ3v) is 7.65. The van der Waals surface area contributed by atoms with Crippen LogP contribution in [0, 0.1) is 6.92 Å². The normalized spacial score (nSPS) is 16.9. The highest BCUT2D eigenvalue weighted by Gasteiger charge is 2.25. The second-order valence-corrected chi connectivity index (χ2v) is 10.3. The average molecular weight is 487 g/mol. The highest BCUT2D eigenvalue weighted by Crippen LogP contribution is 2.27. The SMILES string of the molecule is CCC(CC)N1CCC(Nc2cncc(-n3cc(-c4cc(C(=O)NC5CC5)ccc4C)cn3)c2)CC1. The predicted molar refractivity (Wildman–Crippen MR) is 145 cm³/mol. The molecule has 190 valence electrons. The van der Waals surface area contributed by atoms with E-state index >= 15 is 0 Å². The highest BCUT2D eigenvalue weighted by molar-refractivity contribution is 5.96. The molecule has 3 aromatic rings. The Kier molecular flexibility index (Phi) is 7.37. The standard InChI is InChI=1S/C29H38N6O/c1-4-26(5-2)34-12-10-24(11-13-34)32-25-15-27(18-30-17-25)35-19-22(16-31-35)28-14-21(7-6-20(28)3)29(36)33-23-8-9-23/h6-7,14-19,23-24,26,32H,4-5,8-13H2,1-3H3,(H,33,36). The molecule has 1 saturated heterocycles. The molecule has 0 bridgehead atoms. The minimum absolute atomic E-state index is 0.000130. The Labute approximate surface area is 214 Å². The molecule has 3 heterocycles. The van der Waals surface area contributed by atoms with E-state index in [1.165, 1.54) is 12.8 Å². The summed E-state index contributed by atoms with van der Waals surface area (Å²) in [4.78, 5) is 19.7. The molecule has 0 radical (unpaired) electrons. The Bertz CT molecular complexity index is 1190. The van der Waals surface area contributed by atoms with Crippen LogP contribution < -0.4 is 10.6 Å². The van der Waals surface area contributed by atoms with Gasteiger partial charge in [-0.1, -0.05) is 19.9 Å². The van der Waals surface area contributed by atoms with Gasteiger partial charge in [-0.25, -0.2) is 4.68 Å². The summed E-state index contributed by atoms with van der Waals surface area (Å²) in [6.07, 6.45) is 14.5. The molecule has 7 heteroatoms. The van der Waals surface area contributed by atoms with Crippen molar-refractivity contribution in [1.29, 1.82) is 0 Å². The molecule has 7 nitrogen and oxygen atoms in total. The van der Waals surface area contributed by atoms with Crippen LogP contribution in [0.4, 0.5) is 5.69 Å². The van der Waals surface area contributed by atoms with Gasteiger partial charge in [0, 0.05) is 48.5 Å². The van der Waals surface area contributed by atoms with Crippen LogP contribution in [-0.4, -0.2) is 56.8 Å². The molecule has 1 aromatic carbocycles. The molecule has 1 aliphatic carbocycles. The summed E-state index contributed by atoms with van der Waals surface area (Å²) < 4.78 is 1.86. The zero-order valence-electron chi connectivity index (χ0n) is 21.7. The fourth-order valence-corrected chi connectivity index (χ4v) is 5.26. The van der Waals surface area contributed by atoms with Gasteiger partial charge >= 0.3 is 0 Å². The van der Waals surface area contributed by atoms with Crippen molar-refractivity contribution in [2.75, 3.05) is 18.4 Å². The van der Waals surface area contributed by atoms with E-state index in [0.717, 1.165) is 66.8 Å². The molecular formula is C29H38N6O. The number of pyridine rings is 1. The first-order valence-electron chi connectivity index (χ1n) is 13.5. The first-order valence-corrected chi connectivity index (χ1v) is 13.5. The molecular weight excluding hydrogens is 448 g/mol. The number of likely N-dealkylation sites (tertiary alicyclic amines) is 1. The molecule has 1 aliphatic heterocycles. The molecule has 1 amide bonds. The van der Waals surface area contributed by atoms with Gasteiger partial charge in [0.2, 0.25) is 0 Å². The van der Waals surface area contributed by atoms with Crippen LogP contribution in [0.1, 0.15) is 68.3 Å². The van der Waals surface area contributed by atoms with E-state index in [1.54, 1.807) is 0 Å². The van der Waals surface area contributed by atoms with Crippen LogP contribution in [0.25, 0.3) is 16.8 Å². The number of nitrogens with one attached hydrogen (secondary N) is 2. The Balaban J connectivity index is 1.27. The lowest BCUT2D eigenvalue weighted by Gasteiger charge is -2.37. The summed E-state index contributed by atoms with van der Waals surface area (Å²) in [6, 6.07) is 9.51. The van der Waals surface area contributed by atoms with Crippen LogP contribution in [0.15, 0.2) is 49.1 Å². The van der Waals surface area contributed by atoms with Gasteiger partial charge in [-0.15, -0.1) is 0 Å². The monoisotopic (exact) mass is 486 g/mol. The Hall–Kier alpha value is -3.19. The highest BCUT2D eigenvalue weighted by atomic mass is 16.1. The van der Waals surface area contributed by atoms with Gasteiger partial charge < -0.3 is 15.5 Å². The number of carbonyl (C=O) groups is 1. The summed E-state index contributed by atoms with van der Waals surface area (Å²) in [5.41, 5.74) is 5.77. The maximum absolute atomic E-state index is 12.5. The third kappa shape index (κ3) is 5.62. The first-order chi connectivity index (χ1) is 17.5. The fraction of sp³-hybridized carbons (Fsp3) is 0.483. The molecule has 5 rings (SSSR count). The number of benzene rings is 1. The van der Waals surface area contributed by atoms with Crippen molar-refractivity contribution >= 4 is 11.6 Å². The number of amides is 1. The number of anilines is 1. The number of aromatic nitrogens is 3. The summed E-state index contributed by atoms with van der Waals surface area (Å²) >= 11 is 0. The smallest absolute Gasteiger partial charge is 0.251 e. The van der Waals surface area contributed by atoms with Crippen LogP contribution in [-0.2, 0) is 0 Å². The lowest BCUT2D eigenvalue weighted by molar-refractivity contribution is 0.0951. The maximum atomic E-state index is 12.5. The minimum atomic E-state index is -0.000130. The molecule has 2 N–H and O–H groups in total. The number of rotatable bonds is 9. The van der Waals surface area contributed by atoms with E-state index < -0.39 is 0 Å². The van der Waals surface area contributed by atoms with Gasteiger partial charge in [0.1, 0.15) is 0 Å². The van der Waals surface area contributed by atoms with Crippen molar-refractivity contribution in [3.8, 4) is 16.8 Å². The van der Waals surface area contributed by atoms with Crippen molar-refractivity contribution in [3.63, 3.8) is 0 Å². The molecule has 2 aliphatic rings. The van der Waals surface area contributed by atoms with E-state index in [0.29, 0.717) is 23.7 Å². The third-order valence-electron chi connectivity index (χ3n) is 7.65. The fourth-order valence-electron chi connectivity index (χ4n) is 5.26. The van der Waals surface area contributed by atoms with Gasteiger partial charge in [0.05, 0.1) is 30.0 Å². The number of aryl methyl sites for hydroxylation is 1. The summed E-state index contributed by atoms with van der Waals surface area (Å²) in [6.45, 7) is 8.95. The number of piperidine rings is 1. The predicted octanol–water partition coefficient (Wildman–Crippen LogP) is 5.20. The largest absolute Gasteiger partial charge is 0.381 e. The number of carbonyl (C=O) groups excluding carboxylic acids is 1. The summed E-state index contributed by atoms with van der Waals surface area (Å²) in [5.74, 6) is -0.000130. The van der Waals surface area contributed by atoms with Gasteiger partial charge in [-0.05, 0) is 74.8 Å². The van der Waals surface area contributed by atoms with Gasteiger partial charge in [-0.3, -0.25) is 9.78 Å². The van der Waals surface area contributed by atoms with E-state index in [4.69, 9.17) is 0 Å². The quantitative estimate of drug-likeness (QED) is 0.435. The van der Waals surface area contributed by atoms with E-state index in [2.05, 4.69) is 52.5 Å². The Morgan fingerprint density at radius 1 is 1.03 bits per heavy atom. The minimum Gasteiger partial charge on any atom is -0.381 e. The van der Waals surface area contributed by atoms with E-state index in [-0.39, 0.29) is 5.91 Å². The molecule has 1 saturated carbocycles. The molecule has 0 unspecified atom stereocenters. The zero-order valence-corrected chi connectivity index (χ0v) is 21.7. The van der Waals surface area contributed by atoms with Crippen LogP contribution in [0.5, 0.6) is 0 Å². The Morgan fingerprint density at radius 3 is 2.53 bits per heavy atom. The number of nitrogens with zero attached hydrogens (tertiary/aromatic N) is 4. The zero-order chi connectivity index (χ0) is 25.1. The lowest BCUT2D eigenvalue weighted by Crippen LogP contribution is -2.44. The topological polar surface area (TPSA) is 75.1 Å². The number of hydrogen-bond donors (Lipinski definition) is 2. The van der Waals surface area contributed by atoms with Crippen LogP contribution in [0.3, 0.4) is 0 Å². The summed E-state index contributed by atoms with van der Waals surface area (Å²) in [7, 11) is 0. The maximum Gasteiger partial charge on any atom is 0.251 e. The second kappa shape index (κ2) is 10.8. The van der Waals surface area contributed by atoms with E-state index in [1.807, 2.05) is 47.7 Å². The second-order valence-electron chi connectivity index (χ2n) is 10.3. The van der Waals surface area contributed by atoms with Crippen molar-refractivity contribution in [2.24, 2.45) is 0 Å². The molecule has 0 spiro atoms. The Morgan fingerprint density at radius 2 is 1.81 bits per heavy atom. The molecule has 36 heavy (non-hydrogen) atoms. The molecule has 2 aromatic heterocycles. The van der Waals surface area contributed by atoms with Crippen molar-refractivity contribution in [2.45, 2.75) is 77.4 Å². The van der Waals surface area contributed by atoms with Crippen molar-refractivity contribution < 1.29 is 4.79 Å². The molecule has 2 fully saturated rings. The van der Waals surface area contributed by atoms with Crippen molar-refractivity contribution in [3.05, 3.63) is 60.2 Å². The number of hydrogen-bond acceptors (Lipinski definition) is 5. The summed E-state index contributed by atoms with van der Waals surface area (Å²) in [5, 5.41) is 11.4. The van der Waals surface area contributed by atoms with E-state index in [9.17, 15) is 4.79 Å². The van der Waals surface area contributed by atoms with Gasteiger partial charge in [-0.2, -0.15) is 5.10 Å². The van der Waals surface area contributed by atoms with Gasteiger partial charge in [0.25, 0.3) is 5.91 Å². The first kappa shape index (κ1) is 24.5. The lowest BCUT2D eigenvalue weighted by atomic mass is 10.00. The van der Waals surface area contributed by atoms with Gasteiger partial charge in [0.15, 0.2) is 0 Å².